The van der Waals surface area contributed by atoms with Gasteiger partial charge in [-0.3, -0.25) is 0 Å². The van der Waals surface area contributed by atoms with E-state index in [1.807, 2.05) is 0 Å². The Morgan fingerprint density at radius 3 is 1.96 bits per heavy atom. The summed E-state index contributed by atoms with van der Waals surface area (Å²) in [7, 11) is 6.26. The van der Waals surface area contributed by atoms with Crippen LogP contribution in [0.1, 0.15) is 0 Å². The lowest BCUT2D eigenvalue weighted by atomic mass is 10.2. The first-order valence-corrected chi connectivity index (χ1v) is 8.02. The monoisotopic (exact) mass is 382 g/mol. The smallest absolute Gasteiger partial charge is 0.175 e. The SMILES string of the molecule is COc1ccc(OC)c(NC(=S)Nc2cc(Cl)c(OC)cc2OC)c1. The first-order valence-electron chi connectivity index (χ1n) is 7.24. The van der Waals surface area contributed by atoms with Crippen molar-refractivity contribution in [3.05, 3.63) is 35.4 Å². The molecule has 25 heavy (non-hydrogen) atoms. The van der Waals surface area contributed by atoms with Crippen LogP contribution >= 0.6 is 23.8 Å². The molecule has 2 rings (SSSR count). The molecule has 0 spiro atoms. The van der Waals surface area contributed by atoms with E-state index in [9.17, 15) is 0 Å². The van der Waals surface area contributed by atoms with Crippen LogP contribution < -0.4 is 29.6 Å². The third kappa shape index (κ3) is 4.58. The van der Waals surface area contributed by atoms with E-state index in [1.165, 1.54) is 7.11 Å². The molecule has 2 N–H and O–H groups in total. The summed E-state index contributed by atoms with van der Waals surface area (Å²) in [6.45, 7) is 0. The fraction of sp³-hybridized carbons (Fsp3) is 0.235. The van der Waals surface area contributed by atoms with Crippen molar-refractivity contribution in [2.75, 3.05) is 39.1 Å². The average Bonchev–Trinajstić information content (AvgIpc) is 2.61. The normalized spacial score (nSPS) is 9.96. The number of rotatable bonds is 6. The molecule has 0 saturated carbocycles. The number of anilines is 2. The zero-order chi connectivity index (χ0) is 18.4. The Kier molecular flexibility index (Phi) is 6.55. The molecule has 0 saturated heterocycles. The number of methoxy groups -OCH3 is 4. The maximum absolute atomic E-state index is 6.17. The van der Waals surface area contributed by atoms with E-state index in [-0.39, 0.29) is 0 Å². The Labute approximate surface area is 157 Å². The molecule has 134 valence electrons. The topological polar surface area (TPSA) is 61.0 Å². The van der Waals surface area contributed by atoms with Crippen molar-refractivity contribution in [2.45, 2.75) is 0 Å². The van der Waals surface area contributed by atoms with Gasteiger partial charge in [-0.15, -0.1) is 0 Å². The molecule has 0 aliphatic heterocycles. The number of benzene rings is 2. The van der Waals surface area contributed by atoms with Gasteiger partial charge in [-0.25, -0.2) is 0 Å². The highest BCUT2D eigenvalue weighted by Crippen LogP contribution is 2.36. The van der Waals surface area contributed by atoms with Gasteiger partial charge in [0.15, 0.2) is 5.11 Å². The molecular weight excluding hydrogens is 364 g/mol. The van der Waals surface area contributed by atoms with Crippen molar-refractivity contribution in [3.63, 3.8) is 0 Å². The lowest BCUT2D eigenvalue weighted by molar-refractivity contribution is 0.396. The van der Waals surface area contributed by atoms with Gasteiger partial charge in [0.2, 0.25) is 0 Å². The Bertz CT molecular complexity index is 771. The maximum Gasteiger partial charge on any atom is 0.175 e. The van der Waals surface area contributed by atoms with Crippen LogP contribution in [0.25, 0.3) is 0 Å². The predicted molar refractivity (Wildman–Crippen MR) is 104 cm³/mol. The van der Waals surface area contributed by atoms with Gasteiger partial charge in [0.1, 0.15) is 23.0 Å². The van der Waals surface area contributed by atoms with E-state index in [0.29, 0.717) is 44.5 Å². The average molecular weight is 383 g/mol. The van der Waals surface area contributed by atoms with Gasteiger partial charge in [0.05, 0.1) is 44.8 Å². The molecule has 0 atom stereocenters. The number of ether oxygens (including phenoxy) is 4. The van der Waals surface area contributed by atoms with Crippen LogP contribution in [0.5, 0.6) is 23.0 Å². The third-order valence-corrected chi connectivity index (χ3v) is 3.88. The van der Waals surface area contributed by atoms with E-state index < -0.39 is 0 Å². The second-order valence-electron chi connectivity index (χ2n) is 4.83. The minimum Gasteiger partial charge on any atom is -0.497 e. The van der Waals surface area contributed by atoms with Gasteiger partial charge in [-0.05, 0) is 30.4 Å². The van der Waals surface area contributed by atoms with Gasteiger partial charge in [-0.1, -0.05) is 11.6 Å². The molecule has 0 fully saturated rings. The van der Waals surface area contributed by atoms with Crippen molar-refractivity contribution in [1.29, 1.82) is 0 Å². The molecule has 0 aliphatic rings. The van der Waals surface area contributed by atoms with Crippen LogP contribution in [0.4, 0.5) is 11.4 Å². The lowest BCUT2D eigenvalue weighted by Gasteiger charge is -2.17. The molecule has 0 radical (unpaired) electrons. The molecule has 0 aliphatic carbocycles. The number of nitrogens with one attached hydrogen (secondary N) is 2. The van der Waals surface area contributed by atoms with Crippen LogP contribution in [0, 0.1) is 0 Å². The first kappa shape index (κ1) is 19.0. The molecule has 8 heteroatoms. The zero-order valence-corrected chi connectivity index (χ0v) is 15.9. The molecule has 0 heterocycles. The highest BCUT2D eigenvalue weighted by atomic mass is 35.5. The van der Waals surface area contributed by atoms with Crippen LogP contribution in [0.2, 0.25) is 5.02 Å². The molecular formula is C17H19ClN2O4S. The number of hydrogen-bond donors (Lipinski definition) is 2. The molecule has 0 unspecified atom stereocenters. The first-order chi connectivity index (χ1) is 12.0. The second kappa shape index (κ2) is 8.64. The van der Waals surface area contributed by atoms with Gasteiger partial charge < -0.3 is 29.6 Å². The Morgan fingerprint density at radius 2 is 1.40 bits per heavy atom. The van der Waals surface area contributed by atoms with Crippen molar-refractivity contribution in [2.24, 2.45) is 0 Å². The van der Waals surface area contributed by atoms with Gasteiger partial charge in [0, 0.05) is 12.1 Å². The fourth-order valence-electron chi connectivity index (χ4n) is 2.15. The summed E-state index contributed by atoms with van der Waals surface area (Å²) in [5, 5.41) is 6.90. The van der Waals surface area contributed by atoms with E-state index in [4.69, 9.17) is 42.8 Å². The van der Waals surface area contributed by atoms with Crippen LogP contribution in [0.15, 0.2) is 30.3 Å². The lowest BCUT2D eigenvalue weighted by Crippen LogP contribution is -2.20. The highest BCUT2D eigenvalue weighted by Gasteiger charge is 2.12. The van der Waals surface area contributed by atoms with Crippen molar-refractivity contribution >= 4 is 40.3 Å². The minimum atomic E-state index is 0.339. The Balaban J connectivity index is 2.22. The summed E-state index contributed by atoms with van der Waals surface area (Å²) in [6.07, 6.45) is 0. The highest BCUT2D eigenvalue weighted by molar-refractivity contribution is 7.80. The molecule has 6 nitrogen and oxygen atoms in total. The van der Waals surface area contributed by atoms with Gasteiger partial charge in [-0.2, -0.15) is 0 Å². The summed E-state index contributed by atoms with van der Waals surface area (Å²) in [6, 6.07) is 8.72. The molecule has 0 amide bonds. The summed E-state index contributed by atoms with van der Waals surface area (Å²) in [4.78, 5) is 0. The number of thiocarbonyl (C=S) groups is 1. The zero-order valence-electron chi connectivity index (χ0n) is 14.3. The Morgan fingerprint density at radius 1 is 0.800 bits per heavy atom. The molecule has 2 aromatic rings. The van der Waals surface area contributed by atoms with Gasteiger partial charge in [0.25, 0.3) is 0 Å². The maximum atomic E-state index is 6.17. The van der Waals surface area contributed by atoms with E-state index in [1.54, 1.807) is 51.7 Å². The summed E-state index contributed by atoms with van der Waals surface area (Å²) in [5.41, 5.74) is 1.27. The molecule has 0 aromatic heterocycles. The van der Waals surface area contributed by atoms with Crippen molar-refractivity contribution in [3.8, 4) is 23.0 Å². The molecule has 0 bridgehead atoms. The quantitative estimate of drug-likeness (QED) is 0.726. The van der Waals surface area contributed by atoms with Crippen molar-refractivity contribution in [1.82, 2.24) is 0 Å². The van der Waals surface area contributed by atoms with Crippen LogP contribution in [-0.4, -0.2) is 33.6 Å². The summed E-state index contributed by atoms with van der Waals surface area (Å²) in [5.74, 6) is 2.36. The number of hydrogen-bond acceptors (Lipinski definition) is 5. The Hall–Kier alpha value is -2.38. The number of halogens is 1. The fourth-order valence-corrected chi connectivity index (χ4v) is 2.61. The van der Waals surface area contributed by atoms with Crippen molar-refractivity contribution < 1.29 is 18.9 Å². The predicted octanol–water partition coefficient (Wildman–Crippen LogP) is 4.18. The van der Waals surface area contributed by atoms with Gasteiger partial charge >= 0.3 is 0 Å². The van der Waals surface area contributed by atoms with Crippen LogP contribution in [0.3, 0.4) is 0 Å². The minimum absolute atomic E-state index is 0.339. The molecule has 2 aromatic carbocycles. The summed E-state index contributed by atoms with van der Waals surface area (Å²) >= 11 is 11.5. The second-order valence-corrected chi connectivity index (χ2v) is 5.65. The van der Waals surface area contributed by atoms with E-state index in [2.05, 4.69) is 10.6 Å². The van der Waals surface area contributed by atoms with Crippen LogP contribution in [-0.2, 0) is 0 Å². The summed E-state index contributed by atoms with van der Waals surface area (Å²) < 4.78 is 21.1. The standard InChI is InChI=1S/C17H19ClN2O4S/c1-21-10-5-6-14(22-2)12(7-10)19-17(25)20-13-8-11(18)15(23-3)9-16(13)24-4/h5-9H,1-4H3,(H2,19,20,25). The largest absolute Gasteiger partial charge is 0.497 e. The van der Waals surface area contributed by atoms with E-state index in [0.717, 1.165) is 0 Å². The third-order valence-electron chi connectivity index (χ3n) is 3.38. The van der Waals surface area contributed by atoms with E-state index >= 15 is 0 Å².